The molecule has 2 atom stereocenters. The van der Waals surface area contributed by atoms with E-state index >= 15 is 0 Å². The number of rotatable bonds is 4. The molecule has 1 aromatic carbocycles. The van der Waals surface area contributed by atoms with Crippen molar-refractivity contribution in [1.29, 1.82) is 0 Å². The molecule has 0 spiro atoms. The first-order valence-electron chi connectivity index (χ1n) is 12.1. The Balaban J connectivity index is 1.43. The first kappa shape index (κ1) is 22.2. The van der Waals surface area contributed by atoms with E-state index < -0.39 is 17.7 Å². The zero-order chi connectivity index (χ0) is 24.6. The Bertz CT molecular complexity index is 1500. The van der Waals surface area contributed by atoms with Gasteiger partial charge in [-0.2, -0.15) is 0 Å². The maximum atomic E-state index is 14.0. The van der Waals surface area contributed by atoms with Crippen molar-refractivity contribution in [3.8, 4) is 23.2 Å². The Kier molecular flexibility index (Phi) is 5.61. The molecule has 3 aliphatic carbocycles. The minimum atomic E-state index is -0.765. The van der Waals surface area contributed by atoms with Crippen molar-refractivity contribution in [2.24, 2.45) is 17.8 Å². The molecule has 0 unspecified atom stereocenters. The highest BCUT2D eigenvalue weighted by molar-refractivity contribution is 5.91. The van der Waals surface area contributed by atoms with Crippen LogP contribution in [-0.4, -0.2) is 37.1 Å². The SMILES string of the molecule is O=C(O)[C@@H]1C2CCC(CC2)[C@H]1Nc1cc(C#Cc2ccccc2)nc(-c2c[nH]c3ncc(F)cc23)n1. The molecule has 36 heavy (non-hydrogen) atoms. The van der Waals surface area contributed by atoms with E-state index in [1.807, 2.05) is 30.3 Å². The lowest BCUT2D eigenvalue weighted by atomic mass is 9.61. The van der Waals surface area contributed by atoms with Crippen molar-refractivity contribution in [3.05, 3.63) is 71.9 Å². The van der Waals surface area contributed by atoms with Gasteiger partial charge in [-0.25, -0.2) is 19.3 Å². The van der Waals surface area contributed by atoms with Crippen LogP contribution in [0.1, 0.15) is 36.9 Å². The minimum Gasteiger partial charge on any atom is -0.481 e. The van der Waals surface area contributed by atoms with Gasteiger partial charge in [-0.05, 0) is 61.6 Å². The van der Waals surface area contributed by atoms with E-state index in [0.29, 0.717) is 33.9 Å². The average molecular weight is 482 g/mol. The fourth-order valence-electron chi connectivity index (χ4n) is 5.71. The van der Waals surface area contributed by atoms with Crippen molar-refractivity contribution in [3.63, 3.8) is 0 Å². The normalized spacial score (nSPS) is 22.7. The maximum absolute atomic E-state index is 14.0. The Labute approximate surface area is 207 Å². The van der Waals surface area contributed by atoms with Crippen molar-refractivity contribution in [1.82, 2.24) is 19.9 Å². The molecule has 3 saturated carbocycles. The molecule has 0 amide bonds. The number of aromatic nitrogens is 4. The van der Waals surface area contributed by atoms with Crippen LogP contribution >= 0.6 is 0 Å². The van der Waals surface area contributed by atoms with E-state index in [1.165, 1.54) is 6.07 Å². The predicted octanol–water partition coefficient (Wildman–Crippen LogP) is 4.86. The summed E-state index contributed by atoms with van der Waals surface area (Å²) in [5, 5.41) is 14.0. The number of aromatic amines is 1. The summed E-state index contributed by atoms with van der Waals surface area (Å²) in [7, 11) is 0. The Hall–Kier alpha value is -4.25. The molecule has 180 valence electrons. The molecule has 7 nitrogen and oxygen atoms in total. The van der Waals surface area contributed by atoms with Crippen molar-refractivity contribution in [2.75, 3.05) is 5.32 Å². The number of anilines is 1. The van der Waals surface area contributed by atoms with Gasteiger partial charge in [0.25, 0.3) is 0 Å². The van der Waals surface area contributed by atoms with E-state index in [-0.39, 0.29) is 17.9 Å². The van der Waals surface area contributed by atoms with Crippen LogP contribution in [0.5, 0.6) is 0 Å². The standard InChI is InChI=1S/C28H24FN5O2/c29-19-12-21-22(15-31-26(21)30-14-19)27-32-20(11-6-16-4-2-1-3-5-16)13-23(34-27)33-25-18-9-7-17(8-10-18)24(25)28(35)36/h1-5,12-15,17-18,24-25H,7-10H2,(H,30,31)(H,35,36)(H,32,33,34)/t17?,18?,24-,25-/m1/s1. The molecule has 2 bridgehead atoms. The highest BCUT2D eigenvalue weighted by atomic mass is 19.1. The number of pyridine rings is 1. The quantitative estimate of drug-likeness (QED) is 0.360. The number of hydrogen-bond donors (Lipinski definition) is 3. The van der Waals surface area contributed by atoms with Gasteiger partial charge in [0.2, 0.25) is 0 Å². The molecular weight excluding hydrogens is 457 g/mol. The number of hydrogen-bond acceptors (Lipinski definition) is 5. The topological polar surface area (TPSA) is 104 Å². The summed E-state index contributed by atoms with van der Waals surface area (Å²) in [4.78, 5) is 28.7. The number of fused-ring (bicyclic) bond motifs is 4. The van der Waals surface area contributed by atoms with Gasteiger partial charge >= 0.3 is 5.97 Å². The molecule has 3 aromatic heterocycles. The summed E-state index contributed by atoms with van der Waals surface area (Å²) >= 11 is 0. The van der Waals surface area contributed by atoms with Crippen LogP contribution in [0.3, 0.4) is 0 Å². The third kappa shape index (κ3) is 4.17. The van der Waals surface area contributed by atoms with Gasteiger partial charge < -0.3 is 15.4 Å². The lowest BCUT2D eigenvalue weighted by Crippen LogP contribution is -2.51. The second-order valence-corrected chi connectivity index (χ2v) is 9.54. The van der Waals surface area contributed by atoms with E-state index in [2.05, 4.69) is 32.1 Å². The number of carbonyl (C=O) groups is 1. The summed E-state index contributed by atoms with van der Waals surface area (Å²) in [5.74, 6) is 5.88. The number of benzene rings is 1. The molecule has 7 rings (SSSR count). The number of carboxylic acid groups (broad SMARTS) is 1. The van der Waals surface area contributed by atoms with Gasteiger partial charge in [0, 0.05) is 34.8 Å². The third-order valence-electron chi connectivity index (χ3n) is 7.39. The molecule has 3 fully saturated rings. The fraction of sp³-hybridized carbons (Fsp3) is 0.286. The van der Waals surface area contributed by atoms with Crippen LogP contribution in [0.25, 0.3) is 22.4 Å². The maximum Gasteiger partial charge on any atom is 0.308 e. The highest BCUT2D eigenvalue weighted by Crippen LogP contribution is 2.46. The Morgan fingerprint density at radius 3 is 2.61 bits per heavy atom. The molecule has 0 radical (unpaired) electrons. The van der Waals surface area contributed by atoms with Crippen molar-refractivity contribution >= 4 is 22.8 Å². The molecule has 8 heteroatoms. The Morgan fingerprint density at radius 2 is 1.83 bits per heavy atom. The van der Waals surface area contributed by atoms with Gasteiger partial charge in [0.1, 0.15) is 23.0 Å². The molecule has 0 saturated heterocycles. The fourth-order valence-corrected chi connectivity index (χ4v) is 5.71. The largest absolute Gasteiger partial charge is 0.481 e. The highest BCUT2D eigenvalue weighted by Gasteiger charge is 2.47. The lowest BCUT2D eigenvalue weighted by Gasteiger charge is -2.47. The number of H-pyrrole nitrogens is 1. The Morgan fingerprint density at radius 1 is 1.06 bits per heavy atom. The second-order valence-electron chi connectivity index (χ2n) is 9.54. The molecule has 4 aromatic rings. The molecule has 3 heterocycles. The van der Waals surface area contributed by atoms with Crippen LogP contribution in [0.4, 0.5) is 10.2 Å². The van der Waals surface area contributed by atoms with Gasteiger partial charge in [-0.15, -0.1) is 0 Å². The molecular formula is C28H24FN5O2. The van der Waals surface area contributed by atoms with Crippen LogP contribution in [0, 0.1) is 35.4 Å². The van der Waals surface area contributed by atoms with E-state index in [0.717, 1.165) is 37.4 Å². The van der Waals surface area contributed by atoms with Crippen LogP contribution in [0.2, 0.25) is 0 Å². The summed E-state index contributed by atoms with van der Waals surface area (Å²) < 4.78 is 14.0. The van der Waals surface area contributed by atoms with E-state index in [4.69, 9.17) is 4.98 Å². The van der Waals surface area contributed by atoms with Crippen LogP contribution in [0.15, 0.2) is 54.9 Å². The smallest absolute Gasteiger partial charge is 0.308 e. The van der Waals surface area contributed by atoms with E-state index in [1.54, 1.807) is 12.3 Å². The number of carboxylic acids is 1. The van der Waals surface area contributed by atoms with Crippen molar-refractivity contribution in [2.45, 2.75) is 31.7 Å². The molecule has 0 aliphatic heterocycles. The monoisotopic (exact) mass is 481 g/mol. The number of nitrogens with zero attached hydrogens (tertiary/aromatic N) is 3. The molecule has 3 aliphatic rings. The zero-order valence-corrected chi connectivity index (χ0v) is 19.4. The van der Waals surface area contributed by atoms with E-state index in [9.17, 15) is 14.3 Å². The van der Waals surface area contributed by atoms with Crippen LogP contribution in [-0.2, 0) is 4.79 Å². The average Bonchev–Trinajstić information content (AvgIpc) is 3.31. The number of halogens is 1. The van der Waals surface area contributed by atoms with Gasteiger partial charge in [0.15, 0.2) is 5.82 Å². The summed E-state index contributed by atoms with van der Waals surface area (Å²) in [6.07, 6.45) is 6.79. The van der Waals surface area contributed by atoms with Gasteiger partial charge in [-0.3, -0.25) is 4.79 Å². The summed E-state index contributed by atoms with van der Waals surface area (Å²) in [6, 6.07) is 12.5. The molecule has 3 N–H and O–H groups in total. The van der Waals surface area contributed by atoms with Crippen molar-refractivity contribution < 1.29 is 14.3 Å². The number of nitrogens with one attached hydrogen (secondary N) is 2. The van der Waals surface area contributed by atoms with Crippen LogP contribution < -0.4 is 5.32 Å². The summed E-state index contributed by atoms with van der Waals surface area (Å²) in [5.41, 5.74) is 2.46. The van der Waals surface area contributed by atoms with Gasteiger partial charge in [0.05, 0.1) is 12.1 Å². The predicted molar refractivity (Wildman–Crippen MR) is 133 cm³/mol. The first-order chi connectivity index (χ1) is 17.5. The number of aliphatic carboxylic acids is 1. The third-order valence-corrected chi connectivity index (χ3v) is 7.39. The second kappa shape index (κ2) is 9.08. The lowest BCUT2D eigenvalue weighted by molar-refractivity contribution is -0.148. The first-order valence-corrected chi connectivity index (χ1v) is 12.1. The zero-order valence-electron chi connectivity index (χ0n) is 19.4. The van der Waals surface area contributed by atoms with Gasteiger partial charge in [-0.1, -0.05) is 24.1 Å². The minimum absolute atomic E-state index is 0.173. The summed E-state index contributed by atoms with van der Waals surface area (Å²) in [6.45, 7) is 0.